The summed E-state index contributed by atoms with van der Waals surface area (Å²) in [5.74, 6) is -0.306. The number of ether oxygens (including phenoxy) is 2. The molecule has 0 saturated carbocycles. The molecule has 0 aliphatic carbocycles. The zero-order valence-electron chi connectivity index (χ0n) is 15.4. The summed E-state index contributed by atoms with van der Waals surface area (Å²) < 4.78 is 11.2. The quantitative estimate of drug-likeness (QED) is 0.673. The molecule has 7 nitrogen and oxygen atoms in total. The van der Waals surface area contributed by atoms with E-state index in [4.69, 9.17) is 26.8 Å². The molecule has 0 spiro atoms. The number of imide groups is 1. The Morgan fingerprint density at radius 3 is 2.55 bits per heavy atom. The maximum atomic E-state index is 12.3. The minimum Gasteiger partial charge on any atom is -0.493 e. The van der Waals surface area contributed by atoms with Gasteiger partial charge in [-0.15, -0.1) is 0 Å². The fraction of sp³-hybridized carbons (Fsp3) is 0.150. The zero-order valence-corrected chi connectivity index (χ0v) is 17.0. The first-order chi connectivity index (χ1) is 13.9. The highest BCUT2D eigenvalue weighted by molar-refractivity contribution is 8.18. The Kier molecular flexibility index (Phi) is 6.46. The molecule has 150 valence electrons. The summed E-state index contributed by atoms with van der Waals surface area (Å²) >= 11 is 6.64. The topological polar surface area (TPSA) is 98.9 Å². The Morgan fingerprint density at radius 2 is 1.90 bits per heavy atom. The van der Waals surface area contributed by atoms with E-state index in [9.17, 15) is 14.4 Å². The van der Waals surface area contributed by atoms with Crippen LogP contribution in [0.4, 0.5) is 4.79 Å². The third-order valence-electron chi connectivity index (χ3n) is 3.98. The van der Waals surface area contributed by atoms with Crippen LogP contribution in [0.25, 0.3) is 6.08 Å². The van der Waals surface area contributed by atoms with Gasteiger partial charge in [0.1, 0.15) is 13.2 Å². The van der Waals surface area contributed by atoms with Gasteiger partial charge in [-0.05, 0) is 53.2 Å². The number of thioether (sulfide) groups is 1. The van der Waals surface area contributed by atoms with E-state index in [0.29, 0.717) is 28.7 Å². The Morgan fingerprint density at radius 1 is 1.17 bits per heavy atom. The first-order valence-electron chi connectivity index (χ1n) is 8.46. The number of hydrogen-bond acceptors (Lipinski definition) is 6. The fourth-order valence-electron chi connectivity index (χ4n) is 2.58. The van der Waals surface area contributed by atoms with Crippen molar-refractivity contribution in [2.45, 2.75) is 6.61 Å². The van der Waals surface area contributed by atoms with Crippen LogP contribution in [-0.2, 0) is 16.2 Å². The molecule has 0 atom stereocenters. The molecule has 3 amide bonds. The third kappa shape index (κ3) is 5.10. The van der Waals surface area contributed by atoms with Crippen LogP contribution in [-0.4, -0.2) is 35.6 Å². The highest BCUT2D eigenvalue weighted by Crippen LogP contribution is 2.34. The number of methoxy groups -OCH3 is 1. The van der Waals surface area contributed by atoms with Crippen molar-refractivity contribution in [2.24, 2.45) is 5.73 Å². The average molecular weight is 433 g/mol. The molecule has 1 fully saturated rings. The lowest BCUT2D eigenvalue weighted by Crippen LogP contribution is -2.36. The molecule has 1 heterocycles. The minimum absolute atomic E-state index is 0.199. The van der Waals surface area contributed by atoms with Gasteiger partial charge >= 0.3 is 0 Å². The number of hydrogen-bond donors (Lipinski definition) is 1. The van der Waals surface area contributed by atoms with E-state index in [0.717, 1.165) is 22.2 Å². The molecule has 1 aliphatic heterocycles. The van der Waals surface area contributed by atoms with Gasteiger partial charge in [-0.2, -0.15) is 0 Å². The predicted octanol–water partition coefficient (Wildman–Crippen LogP) is 3.45. The highest BCUT2D eigenvalue weighted by Gasteiger charge is 2.35. The first-order valence-corrected chi connectivity index (χ1v) is 9.66. The number of primary amides is 1. The molecule has 1 saturated heterocycles. The van der Waals surface area contributed by atoms with Crippen molar-refractivity contribution in [3.63, 3.8) is 0 Å². The summed E-state index contributed by atoms with van der Waals surface area (Å²) in [5, 5.41) is 0.103. The molecule has 0 aromatic heterocycles. The molecule has 1 aliphatic rings. The predicted molar refractivity (Wildman–Crippen MR) is 111 cm³/mol. The second-order valence-electron chi connectivity index (χ2n) is 6.06. The smallest absolute Gasteiger partial charge is 0.294 e. The second kappa shape index (κ2) is 9.02. The van der Waals surface area contributed by atoms with E-state index in [1.807, 2.05) is 12.1 Å². The highest BCUT2D eigenvalue weighted by atomic mass is 35.5. The van der Waals surface area contributed by atoms with Crippen LogP contribution < -0.4 is 15.2 Å². The van der Waals surface area contributed by atoms with Crippen LogP contribution in [0.3, 0.4) is 0 Å². The summed E-state index contributed by atoms with van der Waals surface area (Å²) in [6, 6.07) is 12.4. The molecule has 0 unspecified atom stereocenters. The second-order valence-corrected chi connectivity index (χ2v) is 7.49. The Hall–Kier alpha value is -2.97. The summed E-state index contributed by atoms with van der Waals surface area (Å²) in [5.41, 5.74) is 6.65. The van der Waals surface area contributed by atoms with Gasteiger partial charge in [0.25, 0.3) is 11.1 Å². The van der Waals surface area contributed by atoms with Gasteiger partial charge in [-0.1, -0.05) is 29.8 Å². The van der Waals surface area contributed by atoms with Crippen molar-refractivity contribution in [3.8, 4) is 11.5 Å². The Balaban J connectivity index is 1.80. The van der Waals surface area contributed by atoms with Crippen LogP contribution in [0.15, 0.2) is 47.4 Å². The van der Waals surface area contributed by atoms with Gasteiger partial charge < -0.3 is 15.2 Å². The SMILES string of the molecule is COc1ccc(/C=C2\SC(=O)N(CC(N)=O)C2=O)cc1OCc1ccc(Cl)cc1. The molecule has 29 heavy (non-hydrogen) atoms. The number of nitrogens with zero attached hydrogens (tertiary/aromatic N) is 1. The van der Waals surface area contributed by atoms with Gasteiger partial charge in [0.15, 0.2) is 11.5 Å². The molecule has 2 aromatic carbocycles. The van der Waals surface area contributed by atoms with Crippen molar-refractivity contribution in [1.82, 2.24) is 4.90 Å². The summed E-state index contributed by atoms with van der Waals surface area (Å²) in [6.45, 7) is -0.147. The lowest BCUT2D eigenvalue weighted by Gasteiger charge is -2.12. The molecule has 3 rings (SSSR count). The molecule has 9 heteroatoms. The Labute approximate surface area is 176 Å². The standard InChI is InChI=1S/C20H17ClN2O5S/c1-27-15-7-4-13(8-16(15)28-11-12-2-5-14(21)6-3-12)9-17-19(25)23(10-18(22)24)20(26)29-17/h2-9H,10-11H2,1H3,(H2,22,24)/b17-9-. The third-order valence-corrected chi connectivity index (χ3v) is 5.14. The molecule has 0 radical (unpaired) electrons. The van der Waals surface area contributed by atoms with Gasteiger partial charge in [-0.3, -0.25) is 19.3 Å². The first kappa shape index (κ1) is 20.8. The van der Waals surface area contributed by atoms with E-state index in [1.165, 1.54) is 7.11 Å². The summed E-state index contributed by atoms with van der Waals surface area (Å²) in [6.07, 6.45) is 1.56. The van der Waals surface area contributed by atoms with E-state index in [2.05, 4.69) is 0 Å². The monoisotopic (exact) mass is 432 g/mol. The lowest BCUT2D eigenvalue weighted by molar-refractivity contribution is -0.127. The van der Waals surface area contributed by atoms with Crippen LogP contribution >= 0.6 is 23.4 Å². The van der Waals surface area contributed by atoms with Crippen LogP contribution in [0.2, 0.25) is 5.02 Å². The number of carbonyl (C=O) groups is 3. The van der Waals surface area contributed by atoms with Gasteiger partial charge in [0.2, 0.25) is 5.91 Å². The molecular weight excluding hydrogens is 416 g/mol. The van der Waals surface area contributed by atoms with Crippen LogP contribution in [0.1, 0.15) is 11.1 Å². The molecule has 2 N–H and O–H groups in total. The zero-order chi connectivity index (χ0) is 21.0. The van der Waals surface area contributed by atoms with Crippen molar-refractivity contribution in [1.29, 1.82) is 0 Å². The molecule has 2 aromatic rings. The van der Waals surface area contributed by atoms with Gasteiger partial charge in [-0.25, -0.2) is 0 Å². The van der Waals surface area contributed by atoms with E-state index in [-0.39, 0.29) is 4.91 Å². The summed E-state index contributed by atoms with van der Waals surface area (Å²) in [4.78, 5) is 36.3. The maximum Gasteiger partial charge on any atom is 0.294 e. The van der Waals surface area contributed by atoms with Crippen molar-refractivity contribution >= 4 is 46.5 Å². The normalized spacial score (nSPS) is 15.1. The number of nitrogens with two attached hydrogens (primary N) is 1. The maximum absolute atomic E-state index is 12.3. The fourth-order valence-corrected chi connectivity index (χ4v) is 3.55. The number of halogens is 1. The van der Waals surface area contributed by atoms with E-state index >= 15 is 0 Å². The van der Waals surface area contributed by atoms with Crippen LogP contribution in [0.5, 0.6) is 11.5 Å². The summed E-state index contributed by atoms with van der Waals surface area (Å²) in [7, 11) is 1.53. The van der Waals surface area contributed by atoms with Crippen LogP contribution in [0, 0.1) is 0 Å². The minimum atomic E-state index is -0.754. The molecular formula is C20H17ClN2O5S. The van der Waals surface area contributed by atoms with Gasteiger partial charge in [0.05, 0.1) is 12.0 Å². The number of benzene rings is 2. The van der Waals surface area contributed by atoms with E-state index < -0.39 is 23.6 Å². The number of rotatable bonds is 7. The van der Waals surface area contributed by atoms with Crippen molar-refractivity contribution in [2.75, 3.05) is 13.7 Å². The lowest BCUT2D eigenvalue weighted by atomic mass is 10.1. The average Bonchev–Trinajstić information content (AvgIpc) is 2.94. The largest absolute Gasteiger partial charge is 0.493 e. The van der Waals surface area contributed by atoms with Crippen molar-refractivity contribution < 1.29 is 23.9 Å². The van der Waals surface area contributed by atoms with Gasteiger partial charge in [0, 0.05) is 5.02 Å². The molecule has 0 bridgehead atoms. The number of amides is 3. The van der Waals surface area contributed by atoms with Crippen molar-refractivity contribution in [3.05, 3.63) is 63.5 Å². The van der Waals surface area contributed by atoms with E-state index in [1.54, 1.807) is 36.4 Å². The Bertz CT molecular complexity index is 991. The number of carbonyl (C=O) groups excluding carboxylic acids is 3.